The minimum Gasteiger partial charge on any atom is -0.376 e. The molecule has 1 amide bonds. The zero-order valence-corrected chi connectivity index (χ0v) is 8.96. The van der Waals surface area contributed by atoms with Gasteiger partial charge >= 0.3 is 0 Å². The molecule has 8 heteroatoms. The summed E-state index contributed by atoms with van der Waals surface area (Å²) in [6.45, 7) is 1.02. The summed E-state index contributed by atoms with van der Waals surface area (Å²) in [7, 11) is -3.54. The Morgan fingerprint density at radius 3 is 2.73 bits per heavy atom. The molecular formula is C7H14N2O5S. The summed E-state index contributed by atoms with van der Waals surface area (Å²) in [5.74, 6) is -0.662. The quantitative estimate of drug-likeness (QED) is 0.578. The van der Waals surface area contributed by atoms with Gasteiger partial charge in [0.25, 0.3) is 5.91 Å². The molecule has 7 nitrogen and oxygen atoms in total. The van der Waals surface area contributed by atoms with Gasteiger partial charge < -0.3 is 14.8 Å². The van der Waals surface area contributed by atoms with Gasteiger partial charge in [-0.3, -0.25) is 4.79 Å². The standard InChI is InChI=1S/C7H14N2O5S/c8-15(11,12)4-1-9-7(10)6-5-13-2-3-14-6/h6H,1-5H2,(H,9,10)(H2,8,11,12). The summed E-state index contributed by atoms with van der Waals surface area (Å²) >= 11 is 0. The molecule has 88 valence electrons. The number of nitrogens with one attached hydrogen (secondary N) is 1. The van der Waals surface area contributed by atoms with E-state index in [4.69, 9.17) is 14.6 Å². The van der Waals surface area contributed by atoms with Crippen LogP contribution in [0, 0.1) is 0 Å². The van der Waals surface area contributed by atoms with Crippen LogP contribution in [0.15, 0.2) is 0 Å². The van der Waals surface area contributed by atoms with Gasteiger partial charge in [-0.05, 0) is 0 Å². The molecule has 1 fully saturated rings. The van der Waals surface area contributed by atoms with Crippen LogP contribution in [-0.2, 0) is 24.3 Å². The highest BCUT2D eigenvalue weighted by atomic mass is 32.2. The Morgan fingerprint density at radius 2 is 2.20 bits per heavy atom. The van der Waals surface area contributed by atoms with Gasteiger partial charge in [-0.1, -0.05) is 0 Å². The summed E-state index contributed by atoms with van der Waals surface area (Å²) in [5, 5.41) is 7.17. The summed E-state index contributed by atoms with van der Waals surface area (Å²) < 4.78 is 31.2. The maximum Gasteiger partial charge on any atom is 0.251 e. The number of amides is 1. The van der Waals surface area contributed by atoms with Crippen LogP contribution >= 0.6 is 0 Å². The highest BCUT2D eigenvalue weighted by Gasteiger charge is 2.22. The van der Waals surface area contributed by atoms with E-state index in [1.54, 1.807) is 0 Å². The Balaban J connectivity index is 2.23. The Labute approximate surface area is 88.0 Å². The van der Waals surface area contributed by atoms with Gasteiger partial charge in [-0.15, -0.1) is 0 Å². The number of carbonyl (C=O) groups is 1. The zero-order chi connectivity index (χ0) is 11.3. The number of ether oxygens (including phenoxy) is 2. The number of carbonyl (C=O) groups excluding carboxylic acids is 1. The van der Waals surface area contributed by atoms with Crippen molar-refractivity contribution >= 4 is 15.9 Å². The van der Waals surface area contributed by atoms with Crippen molar-refractivity contribution in [2.75, 3.05) is 32.1 Å². The van der Waals surface area contributed by atoms with Gasteiger partial charge in [0.15, 0.2) is 6.10 Å². The van der Waals surface area contributed by atoms with Crippen LogP contribution in [0.2, 0.25) is 0 Å². The number of primary sulfonamides is 1. The monoisotopic (exact) mass is 238 g/mol. The molecule has 0 radical (unpaired) electrons. The smallest absolute Gasteiger partial charge is 0.251 e. The van der Waals surface area contributed by atoms with E-state index in [0.717, 1.165) is 0 Å². The second-order valence-corrected chi connectivity index (χ2v) is 4.83. The van der Waals surface area contributed by atoms with E-state index >= 15 is 0 Å². The molecule has 0 aromatic heterocycles. The molecule has 1 unspecified atom stereocenters. The second-order valence-electron chi connectivity index (χ2n) is 3.09. The first-order valence-corrected chi connectivity index (χ1v) is 6.18. The highest BCUT2D eigenvalue weighted by Crippen LogP contribution is 1.99. The van der Waals surface area contributed by atoms with Crippen molar-refractivity contribution in [2.24, 2.45) is 5.14 Å². The molecule has 3 N–H and O–H groups in total. The zero-order valence-electron chi connectivity index (χ0n) is 8.14. The first-order valence-electron chi connectivity index (χ1n) is 4.46. The van der Waals surface area contributed by atoms with Crippen LogP contribution in [-0.4, -0.2) is 52.5 Å². The van der Waals surface area contributed by atoms with Crippen LogP contribution in [0.1, 0.15) is 0 Å². The van der Waals surface area contributed by atoms with E-state index in [1.165, 1.54) is 0 Å². The molecule has 1 aliphatic rings. The van der Waals surface area contributed by atoms with Crippen molar-refractivity contribution in [1.29, 1.82) is 0 Å². The summed E-state index contributed by atoms with van der Waals surface area (Å²) in [5.41, 5.74) is 0. The second kappa shape index (κ2) is 5.40. The molecule has 0 saturated carbocycles. The predicted octanol–water partition coefficient (Wildman–Crippen LogP) is -2.19. The topological polar surface area (TPSA) is 108 Å². The van der Waals surface area contributed by atoms with Crippen molar-refractivity contribution in [3.05, 3.63) is 0 Å². The van der Waals surface area contributed by atoms with Crippen molar-refractivity contribution in [2.45, 2.75) is 6.10 Å². The Hall–Kier alpha value is -0.700. The van der Waals surface area contributed by atoms with Crippen LogP contribution in [0.25, 0.3) is 0 Å². The van der Waals surface area contributed by atoms with Gasteiger partial charge in [0, 0.05) is 6.54 Å². The Morgan fingerprint density at radius 1 is 1.47 bits per heavy atom. The van der Waals surface area contributed by atoms with E-state index in [9.17, 15) is 13.2 Å². The molecule has 1 atom stereocenters. The molecule has 0 bridgehead atoms. The van der Waals surface area contributed by atoms with Crippen molar-refractivity contribution in [3.63, 3.8) is 0 Å². The molecule has 0 aromatic carbocycles. The lowest BCUT2D eigenvalue weighted by molar-refractivity contribution is -0.147. The van der Waals surface area contributed by atoms with E-state index in [2.05, 4.69) is 5.32 Å². The van der Waals surface area contributed by atoms with Crippen LogP contribution in [0.3, 0.4) is 0 Å². The highest BCUT2D eigenvalue weighted by molar-refractivity contribution is 7.89. The maximum absolute atomic E-state index is 11.3. The lowest BCUT2D eigenvalue weighted by Gasteiger charge is -2.21. The fourth-order valence-corrected chi connectivity index (χ4v) is 1.46. The third kappa shape index (κ3) is 5.07. The van der Waals surface area contributed by atoms with Gasteiger partial charge in [-0.2, -0.15) is 0 Å². The summed E-state index contributed by atoms with van der Waals surface area (Å²) in [4.78, 5) is 11.3. The summed E-state index contributed by atoms with van der Waals surface area (Å²) in [6, 6.07) is 0. The Kier molecular flexibility index (Phi) is 4.45. The molecule has 0 spiro atoms. The van der Waals surface area contributed by atoms with Gasteiger partial charge in [0.05, 0.1) is 25.6 Å². The van der Waals surface area contributed by atoms with Gasteiger partial charge in [0.1, 0.15) is 0 Å². The predicted molar refractivity (Wildman–Crippen MR) is 51.5 cm³/mol. The van der Waals surface area contributed by atoms with Crippen molar-refractivity contribution < 1.29 is 22.7 Å². The lowest BCUT2D eigenvalue weighted by atomic mass is 10.3. The molecule has 15 heavy (non-hydrogen) atoms. The van der Waals surface area contributed by atoms with E-state index < -0.39 is 16.1 Å². The molecule has 1 rings (SSSR count). The minimum atomic E-state index is -3.54. The lowest BCUT2D eigenvalue weighted by Crippen LogP contribution is -2.44. The number of rotatable bonds is 4. The molecule has 0 aromatic rings. The average molecular weight is 238 g/mol. The first kappa shape index (κ1) is 12.4. The summed E-state index contributed by atoms with van der Waals surface area (Å²) in [6.07, 6.45) is -0.653. The fourth-order valence-electron chi connectivity index (χ4n) is 1.07. The third-order valence-electron chi connectivity index (χ3n) is 1.79. The van der Waals surface area contributed by atoms with Crippen molar-refractivity contribution in [3.8, 4) is 0 Å². The molecule has 0 aliphatic carbocycles. The average Bonchev–Trinajstić information content (AvgIpc) is 2.17. The molecular weight excluding hydrogens is 224 g/mol. The van der Waals surface area contributed by atoms with E-state index in [0.29, 0.717) is 13.2 Å². The number of hydrogen-bond donors (Lipinski definition) is 2. The van der Waals surface area contributed by atoms with Gasteiger partial charge in [0.2, 0.25) is 10.0 Å². The largest absolute Gasteiger partial charge is 0.376 e. The Bertz CT molecular complexity index is 309. The number of hydrogen-bond acceptors (Lipinski definition) is 5. The van der Waals surface area contributed by atoms with Gasteiger partial charge in [-0.25, -0.2) is 13.6 Å². The fraction of sp³-hybridized carbons (Fsp3) is 0.857. The molecule has 1 heterocycles. The van der Waals surface area contributed by atoms with Crippen LogP contribution in [0.5, 0.6) is 0 Å². The van der Waals surface area contributed by atoms with E-state index in [-0.39, 0.29) is 24.8 Å². The maximum atomic E-state index is 11.3. The molecule has 1 aliphatic heterocycles. The SMILES string of the molecule is NS(=O)(=O)CCNC(=O)C1COCCO1. The number of sulfonamides is 1. The third-order valence-corrected chi connectivity index (χ3v) is 2.57. The normalized spacial score (nSPS) is 22.3. The molecule has 1 saturated heterocycles. The minimum absolute atomic E-state index is 0.0163. The first-order chi connectivity index (χ1) is 6.99. The number of nitrogens with two attached hydrogens (primary N) is 1. The van der Waals surface area contributed by atoms with Crippen molar-refractivity contribution in [1.82, 2.24) is 5.32 Å². The van der Waals surface area contributed by atoms with Crippen LogP contribution < -0.4 is 10.5 Å². The van der Waals surface area contributed by atoms with Crippen LogP contribution in [0.4, 0.5) is 0 Å². The van der Waals surface area contributed by atoms with E-state index in [1.807, 2.05) is 0 Å².